The van der Waals surface area contributed by atoms with Crippen LogP contribution in [0.25, 0.3) is 11.0 Å². The monoisotopic (exact) mass is 571 g/mol. The summed E-state index contributed by atoms with van der Waals surface area (Å²) in [6.07, 6.45) is 3.89. The highest BCUT2D eigenvalue weighted by Crippen LogP contribution is 2.29. The second kappa shape index (κ2) is 11.8. The van der Waals surface area contributed by atoms with Gasteiger partial charge in [-0.15, -0.1) is 0 Å². The van der Waals surface area contributed by atoms with Gasteiger partial charge in [-0.1, -0.05) is 18.2 Å². The van der Waals surface area contributed by atoms with Crippen LogP contribution >= 0.6 is 15.9 Å². The van der Waals surface area contributed by atoms with E-state index in [1.54, 1.807) is 12.1 Å². The van der Waals surface area contributed by atoms with E-state index < -0.39 is 11.4 Å². The van der Waals surface area contributed by atoms with Gasteiger partial charge in [0.2, 0.25) is 5.91 Å². The molecular formula is C28H31BrFN3O4. The fourth-order valence-electron chi connectivity index (χ4n) is 5.05. The van der Waals surface area contributed by atoms with Crippen LogP contribution in [0, 0.1) is 5.82 Å². The molecule has 1 aromatic heterocycles. The highest BCUT2D eigenvalue weighted by atomic mass is 79.9. The number of likely N-dealkylation sites (tertiary alicyclic amines) is 1. The number of benzene rings is 2. The van der Waals surface area contributed by atoms with Crippen LogP contribution in [0.1, 0.15) is 36.8 Å². The molecule has 2 N–H and O–H groups in total. The van der Waals surface area contributed by atoms with Crippen molar-refractivity contribution < 1.29 is 18.3 Å². The maximum absolute atomic E-state index is 13.8. The summed E-state index contributed by atoms with van der Waals surface area (Å²) < 4.78 is 26.1. The van der Waals surface area contributed by atoms with Crippen molar-refractivity contribution in [2.75, 3.05) is 26.2 Å². The minimum Gasteiger partial charge on any atom is -0.489 e. The Labute approximate surface area is 223 Å². The second-order valence-corrected chi connectivity index (χ2v) is 10.7. The van der Waals surface area contributed by atoms with Gasteiger partial charge in [-0.25, -0.2) is 9.18 Å². The highest BCUT2D eigenvalue weighted by molar-refractivity contribution is 9.10. The standard InChI is InChI=1S/C28H31BrFN3O4/c29-23-14-18(4-5-25(23)36-22-6-10-31-11-7-22)17-33-12-8-21(9-13-33)32-26(34)16-20-15-19-2-1-3-24(30)27(19)37-28(20)35/h1-5,14-15,21-22,31H,6-13,16-17H2,(H,32,34). The Morgan fingerprint density at radius 3 is 2.68 bits per heavy atom. The Morgan fingerprint density at radius 2 is 1.92 bits per heavy atom. The van der Waals surface area contributed by atoms with Gasteiger partial charge in [-0.05, 0) is 84.5 Å². The fourth-order valence-corrected chi connectivity index (χ4v) is 5.57. The number of halogens is 2. The lowest BCUT2D eigenvalue weighted by atomic mass is 10.0. The molecule has 1 amide bonds. The minimum atomic E-state index is -0.680. The first-order chi connectivity index (χ1) is 17.9. The van der Waals surface area contributed by atoms with Gasteiger partial charge in [0.1, 0.15) is 11.9 Å². The summed E-state index contributed by atoms with van der Waals surface area (Å²) in [5.74, 6) is 0.0728. The lowest BCUT2D eigenvalue weighted by molar-refractivity contribution is -0.121. The molecule has 3 heterocycles. The molecule has 0 unspecified atom stereocenters. The molecule has 0 saturated carbocycles. The van der Waals surface area contributed by atoms with E-state index >= 15 is 0 Å². The normalized spacial score (nSPS) is 17.7. The zero-order chi connectivity index (χ0) is 25.8. The van der Waals surface area contributed by atoms with Crippen molar-refractivity contribution in [3.8, 4) is 5.75 Å². The maximum atomic E-state index is 13.8. The predicted molar refractivity (Wildman–Crippen MR) is 143 cm³/mol. The molecule has 2 aliphatic rings. The van der Waals surface area contributed by atoms with Crippen LogP contribution in [0.15, 0.2) is 56.1 Å². The number of fused-ring (bicyclic) bond motifs is 1. The third-order valence-electron chi connectivity index (χ3n) is 7.07. The Kier molecular flexibility index (Phi) is 8.22. The van der Waals surface area contributed by atoms with E-state index in [4.69, 9.17) is 9.15 Å². The Hall–Kier alpha value is -2.75. The number of rotatable bonds is 7. The Balaban J connectivity index is 1.10. The van der Waals surface area contributed by atoms with E-state index in [1.807, 2.05) is 6.07 Å². The first kappa shape index (κ1) is 25.9. The first-order valence-corrected chi connectivity index (χ1v) is 13.6. The molecule has 2 aliphatic heterocycles. The van der Waals surface area contributed by atoms with E-state index in [9.17, 15) is 14.0 Å². The number of para-hydroxylation sites is 1. The highest BCUT2D eigenvalue weighted by Gasteiger charge is 2.22. The van der Waals surface area contributed by atoms with Crippen molar-refractivity contribution in [1.82, 2.24) is 15.5 Å². The van der Waals surface area contributed by atoms with E-state index in [0.717, 1.165) is 68.6 Å². The fraction of sp³-hybridized carbons (Fsp3) is 0.429. The Bertz CT molecular complexity index is 1320. The van der Waals surface area contributed by atoms with Crippen molar-refractivity contribution >= 4 is 32.8 Å². The molecule has 37 heavy (non-hydrogen) atoms. The van der Waals surface area contributed by atoms with Crippen molar-refractivity contribution in [1.29, 1.82) is 0 Å². The van der Waals surface area contributed by atoms with Crippen LogP contribution in [0.4, 0.5) is 4.39 Å². The third-order valence-corrected chi connectivity index (χ3v) is 7.69. The number of nitrogens with zero attached hydrogens (tertiary/aromatic N) is 1. The minimum absolute atomic E-state index is 0.0567. The largest absolute Gasteiger partial charge is 0.489 e. The summed E-state index contributed by atoms with van der Waals surface area (Å²) in [6.45, 7) is 4.57. The van der Waals surface area contributed by atoms with Gasteiger partial charge in [0.05, 0.1) is 10.9 Å². The number of carbonyl (C=O) groups is 1. The van der Waals surface area contributed by atoms with Crippen molar-refractivity contribution in [3.05, 3.63) is 74.3 Å². The SMILES string of the molecule is O=C(Cc1cc2cccc(F)c2oc1=O)NC1CCN(Cc2ccc(OC3CCNCC3)c(Br)c2)CC1. The molecule has 2 saturated heterocycles. The van der Waals surface area contributed by atoms with Crippen LogP contribution in [-0.2, 0) is 17.8 Å². The number of piperidine rings is 2. The molecule has 3 aromatic rings. The molecule has 2 fully saturated rings. The van der Waals surface area contributed by atoms with Gasteiger partial charge in [-0.2, -0.15) is 0 Å². The number of amides is 1. The molecule has 7 nitrogen and oxygen atoms in total. The predicted octanol–water partition coefficient (Wildman–Crippen LogP) is 4.15. The molecular weight excluding hydrogens is 541 g/mol. The average molecular weight is 572 g/mol. The summed E-state index contributed by atoms with van der Waals surface area (Å²) >= 11 is 3.67. The van der Waals surface area contributed by atoms with Crippen LogP contribution in [0.3, 0.4) is 0 Å². The topological polar surface area (TPSA) is 83.8 Å². The molecule has 2 aromatic carbocycles. The number of nitrogens with one attached hydrogen (secondary N) is 2. The van der Waals surface area contributed by atoms with Crippen LogP contribution < -0.4 is 21.0 Å². The summed E-state index contributed by atoms with van der Waals surface area (Å²) in [7, 11) is 0. The Morgan fingerprint density at radius 1 is 1.14 bits per heavy atom. The van der Waals surface area contributed by atoms with Gasteiger partial charge in [0.25, 0.3) is 0 Å². The van der Waals surface area contributed by atoms with Crippen LogP contribution in [0.2, 0.25) is 0 Å². The zero-order valence-corrected chi connectivity index (χ0v) is 22.2. The van der Waals surface area contributed by atoms with E-state index in [0.29, 0.717) is 5.39 Å². The molecule has 0 aliphatic carbocycles. The summed E-state index contributed by atoms with van der Waals surface area (Å²) in [5.41, 5.74) is 0.679. The van der Waals surface area contributed by atoms with Gasteiger partial charge in [0, 0.05) is 36.6 Å². The van der Waals surface area contributed by atoms with Crippen molar-refractivity contribution in [3.63, 3.8) is 0 Å². The summed E-state index contributed by atoms with van der Waals surface area (Å²) in [5, 5.41) is 6.87. The van der Waals surface area contributed by atoms with Crippen LogP contribution in [-0.4, -0.2) is 49.1 Å². The second-order valence-electron chi connectivity index (χ2n) is 9.84. The van der Waals surface area contributed by atoms with Crippen molar-refractivity contribution in [2.24, 2.45) is 0 Å². The van der Waals surface area contributed by atoms with Crippen molar-refractivity contribution in [2.45, 2.75) is 50.8 Å². The van der Waals surface area contributed by atoms with Gasteiger partial charge in [-0.3, -0.25) is 9.69 Å². The van der Waals surface area contributed by atoms with Gasteiger partial charge < -0.3 is 19.8 Å². The van der Waals surface area contributed by atoms with E-state index in [2.05, 4.69) is 43.6 Å². The molecule has 0 bridgehead atoms. The third kappa shape index (κ3) is 6.58. The maximum Gasteiger partial charge on any atom is 0.340 e. The lowest BCUT2D eigenvalue weighted by Crippen LogP contribution is -2.45. The quantitative estimate of drug-likeness (QED) is 0.414. The number of carbonyl (C=O) groups excluding carboxylic acids is 1. The summed E-state index contributed by atoms with van der Waals surface area (Å²) in [6, 6.07) is 12.3. The molecule has 9 heteroatoms. The lowest BCUT2D eigenvalue weighted by Gasteiger charge is -2.32. The van der Waals surface area contributed by atoms with Crippen LogP contribution in [0.5, 0.6) is 5.75 Å². The molecule has 0 atom stereocenters. The number of ether oxygens (including phenoxy) is 1. The summed E-state index contributed by atoms with van der Waals surface area (Å²) in [4.78, 5) is 27.2. The average Bonchev–Trinajstić information content (AvgIpc) is 2.89. The molecule has 0 radical (unpaired) electrons. The zero-order valence-electron chi connectivity index (χ0n) is 20.6. The van der Waals surface area contributed by atoms with E-state index in [-0.39, 0.29) is 35.6 Å². The van der Waals surface area contributed by atoms with E-state index in [1.165, 1.54) is 17.7 Å². The molecule has 196 valence electrons. The number of hydrogen-bond acceptors (Lipinski definition) is 6. The van der Waals surface area contributed by atoms with Gasteiger partial charge >= 0.3 is 5.63 Å². The first-order valence-electron chi connectivity index (χ1n) is 12.8. The molecule has 0 spiro atoms. The smallest absolute Gasteiger partial charge is 0.340 e. The van der Waals surface area contributed by atoms with Gasteiger partial charge in [0.15, 0.2) is 11.4 Å². The molecule has 5 rings (SSSR count). The number of hydrogen-bond donors (Lipinski definition) is 2.